The molecule has 2 aromatic rings. The Kier molecular flexibility index (Phi) is 8.91. The van der Waals surface area contributed by atoms with Crippen molar-refractivity contribution in [3.63, 3.8) is 0 Å². The molecule has 0 radical (unpaired) electrons. The predicted molar refractivity (Wildman–Crippen MR) is 128 cm³/mol. The SMILES string of the molecule is CC(C)OC(=O)[C@H](C)NP(=O)(OCC1OC(n2ccc(=O)[nH]c2=O)[C@](F)(Br)[C@@H]1O)Oc1ccccc1. The van der Waals surface area contributed by atoms with E-state index in [1.165, 1.54) is 19.1 Å². The zero-order valence-electron chi connectivity index (χ0n) is 19.5. The second-order valence-corrected chi connectivity index (χ2v) is 11.1. The molecule has 3 rings (SSSR count). The maximum Gasteiger partial charge on any atom is 0.459 e. The number of aromatic amines is 1. The van der Waals surface area contributed by atoms with Crippen molar-refractivity contribution in [1.82, 2.24) is 14.6 Å². The summed E-state index contributed by atoms with van der Waals surface area (Å²) in [5, 5.41) is 13.0. The van der Waals surface area contributed by atoms with E-state index in [0.717, 1.165) is 16.8 Å². The number of H-pyrrole nitrogens is 1. The maximum absolute atomic E-state index is 15.3. The molecular weight excluding hydrogens is 568 g/mol. The van der Waals surface area contributed by atoms with Crippen molar-refractivity contribution in [3.8, 4) is 5.75 Å². The molecule has 0 saturated carbocycles. The van der Waals surface area contributed by atoms with Crippen molar-refractivity contribution in [2.45, 2.75) is 55.9 Å². The van der Waals surface area contributed by atoms with Crippen molar-refractivity contribution in [3.05, 3.63) is 63.4 Å². The molecule has 15 heteroatoms. The fourth-order valence-corrected chi connectivity index (χ4v) is 5.35. The number of hydrogen-bond acceptors (Lipinski definition) is 9. The van der Waals surface area contributed by atoms with Gasteiger partial charge in [-0.1, -0.05) is 18.2 Å². The molecule has 1 fully saturated rings. The van der Waals surface area contributed by atoms with Crippen LogP contribution < -0.4 is 20.9 Å². The first-order valence-electron chi connectivity index (χ1n) is 10.8. The molecule has 0 aliphatic carbocycles. The number of nitrogens with zero attached hydrogens (tertiary/aromatic N) is 1. The number of hydrogen-bond donors (Lipinski definition) is 3. The summed E-state index contributed by atoms with van der Waals surface area (Å²) in [6, 6.07) is 7.79. The van der Waals surface area contributed by atoms with E-state index in [9.17, 15) is 24.1 Å². The number of rotatable bonds is 10. The highest BCUT2D eigenvalue weighted by Gasteiger charge is 2.57. The Morgan fingerprint density at radius 3 is 2.58 bits per heavy atom. The number of carbonyl (C=O) groups excluding carboxylic acids is 1. The summed E-state index contributed by atoms with van der Waals surface area (Å²) in [7, 11) is -4.32. The minimum Gasteiger partial charge on any atom is -0.462 e. The van der Waals surface area contributed by atoms with Crippen molar-refractivity contribution in [1.29, 1.82) is 0 Å². The molecule has 2 heterocycles. The molecule has 1 aliphatic heterocycles. The quantitative estimate of drug-likeness (QED) is 0.211. The van der Waals surface area contributed by atoms with Crippen LogP contribution in [0.4, 0.5) is 4.39 Å². The fourth-order valence-electron chi connectivity index (χ4n) is 3.22. The van der Waals surface area contributed by atoms with Crippen molar-refractivity contribution >= 4 is 29.6 Å². The van der Waals surface area contributed by atoms with Gasteiger partial charge < -0.3 is 19.1 Å². The summed E-state index contributed by atoms with van der Waals surface area (Å²) in [5.41, 5.74) is -1.68. The summed E-state index contributed by atoms with van der Waals surface area (Å²) < 4.78 is 48.5. The van der Waals surface area contributed by atoms with Gasteiger partial charge in [-0.25, -0.2) is 13.8 Å². The molecule has 1 saturated heterocycles. The molecule has 1 aliphatic rings. The number of nitrogens with one attached hydrogen (secondary N) is 2. The average molecular weight is 594 g/mol. The number of benzene rings is 1. The fraction of sp³-hybridized carbons (Fsp3) is 0.476. The summed E-state index contributed by atoms with van der Waals surface area (Å²) in [5.74, 6) is -0.577. The van der Waals surface area contributed by atoms with Crippen LogP contribution in [0.5, 0.6) is 5.75 Å². The average Bonchev–Trinajstić information content (AvgIpc) is 3.01. The van der Waals surface area contributed by atoms with Crippen LogP contribution in [0.2, 0.25) is 0 Å². The van der Waals surface area contributed by atoms with Crippen LogP contribution in [0.1, 0.15) is 27.0 Å². The lowest BCUT2D eigenvalue weighted by molar-refractivity contribution is -0.149. The number of esters is 1. The molecule has 1 aromatic carbocycles. The Morgan fingerprint density at radius 2 is 1.97 bits per heavy atom. The van der Waals surface area contributed by atoms with Gasteiger partial charge in [0.15, 0.2) is 6.23 Å². The Hall–Kier alpha value is -2.35. The highest BCUT2D eigenvalue weighted by Crippen LogP contribution is 2.49. The second-order valence-electron chi connectivity index (χ2n) is 8.20. The van der Waals surface area contributed by atoms with Gasteiger partial charge in [0.25, 0.3) is 5.56 Å². The van der Waals surface area contributed by atoms with Gasteiger partial charge in [0.1, 0.15) is 24.0 Å². The molecule has 0 spiro atoms. The Bertz CT molecular complexity index is 1220. The summed E-state index contributed by atoms with van der Waals surface area (Å²) in [4.78, 5) is 37.7. The van der Waals surface area contributed by atoms with Crippen LogP contribution in [-0.4, -0.2) is 56.2 Å². The highest BCUT2D eigenvalue weighted by atomic mass is 79.9. The standard InChI is InChI=1S/C21H26BrFN3O9P/c1-12(2)33-18(29)13(3)25-36(31,35-14-7-5-4-6-8-14)32-11-15-17(28)21(22,23)19(34-15)26-10-9-16(27)24-20(26)30/h4-10,12-13,15,17,19,28H,11H2,1-3H3,(H,25,31)(H,24,27,30)/t13-,15?,17+,19?,21-,36?/m0/s1. The zero-order chi connectivity index (χ0) is 26.7. The molecule has 198 valence electrons. The molecule has 3 N–H and O–H groups in total. The summed E-state index contributed by atoms with van der Waals surface area (Å²) >= 11 is 2.73. The third-order valence-corrected chi connectivity index (χ3v) is 7.42. The van der Waals surface area contributed by atoms with Crippen LogP contribution in [0.15, 0.2) is 52.2 Å². The first-order chi connectivity index (χ1) is 16.8. The molecule has 1 aromatic heterocycles. The Morgan fingerprint density at radius 1 is 1.31 bits per heavy atom. The van der Waals surface area contributed by atoms with E-state index in [1.807, 2.05) is 4.98 Å². The zero-order valence-corrected chi connectivity index (χ0v) is 22.0. The van der Waals surface area contributed by atoms with Crippen molar-refractivity contribution < 1.29 is 37.4 Å². The molecule has 0 amide bonds. The lowest BCUT2D eigenvalue weighted by Gasteiger charge is -2.25. The minimum absolute atomic E-state index is 0.142. The van der Waals surface area contributed by atoms with E-state index in [1.54, 1.807) is 32.0 Å². The van der Waals surface area contributed by atoms with E-state index < -0.39 is 66.7 Å². The smallest absolute Gasteiger partial charge is 0.459 e. The molecular formula is C21H26BrFN3O9P. The number of alkyl halides is 2. The maximum atomic E-state index is 15.3. The summed E-state index contributed by atoms with van der Waals surface area (Å²) in [6.45, 7) is 4.01. The number of halogens is 2. The van der Waals surface area contributed by atoms with Gasteiger partial charge in [-0.15, -0.1) is 0 Å². The number of aliphatic hydroxyl groups excluding tert-OH is 1. The first kappa shape index (κ1) is 28.2. The normalized spacial score (nSPS) is 26.4. The van der Waals surface area contributed by atoms with Gasteiger partial charge in [0.05, 0.1) is 12.7 Å². The predicted octanol–water partition coefficient (Wildman–Crippen LogP) is 1.99. The van der Waals surface area contributed by atoms with Gasteiger partial charge in [0, 0.05) is 12.3 Å². The third kappa shape index (κ3) is 6.69. The van der Waals surface area contributed by atoms with Crippen LogP contribution in [0.3, 0.4) is 0 Å². The molecule has 12 nitrogen and oxygen atoms in total. The minimum atomic E-state index is -4.32. The number of para-hydroxylation sites is 1. The van der Waals surface area contributed by atoms with Gasteiger partial charge in [0.2, 0.25) is 4.58 Å². The molecule has 6 atom stereocenters. The van der Waals surface area contributed by atoms with E-state index in [4.69, 9.17) is 18.5 Å². The monoisotopic (exact) mass is 593 g/mol. The lowest BCUT2D eigenvalue weighted by Crippen LogP contribution is -2.41. The van der Waals surface area contributed by atoms with E-state index in [0.29, 0.717) is 0 Å². The van der Waals surface area contributed by atoms with E-state index >= 15 is 4.39 Å². The highest BCUT2D eigenvalue weighted by molar-refractivity contribution is 9.10. The largest absolute Gasteiger partial charge is 0.462 e. The Labute approximate surface area is 213 Å². The molecule has 0 bridgehead atoms. The molecule has 3 unspecified atom stereocenters. The van der Waals surface area contributed by atoms with Gasteiger partial charge >= 0.3 is 19.4 Å². The van der Waals surface area contributed by atoms with E-state index in [2.05, 4.69) is 21.0 Å². The second kappa shape index (κ2) is 11.4. The van der Waals surface area contributed by atoms with Crippen molar-refractivity contribution in [2.24, 2.45) is 0 Å². The number of carbonyl (C=O) groups is 1. The van der Waals surface area contributed by atoms with Gasteiger partial charge in [-0.3, -0.25) is 23.7 Å². The number of aromatic nitrogens is 2. The lowest BCUT2D eigenvalue weighted by atomic mass is 10.1. The Balaban J connectivity index is 1.80. The van der Waals surface area contributed by atoms with Crippen LogP contribution in [-0.2, 0) is 23.4 Å². The number of ether oxygens (including phenoxy) is 2. The van der Waals surface area contributed by atoms with Crippen LogP contribution in [0, 0.1) is 0 Å². The van der Waals surface area contributed by atoms with Crippen LogP contribution in [0.25, 0.3) is 0 Å². The number of aliphatic hydroxyl groups is 1. The first-order valence-corrected chi connectivity index (χ1v) is 13.2. The third-order valence-electron chi connectivity index (χ3n) is 4.92. The van der Waals surface area contributed by atoms with Crippen LogP contribution >= 0.6 is 23.7 Å². The summed E-state index contributed by atoms with van der Waals surface area (Å²) in [6.07, 6.45) is -4.46. The van der Waals surface area contributed by atoms with E-state index in [-0.39, 0.29) is 5.75 Å². The van der Waals surface area contributed by atoms with Gasteiger partial charge in [-0.2, -0.15) is 5.09 Å². The van der Waals surface area contributed by atoms with Gasteiger partial charge in [-0.05, 0) is 48.8 Å². The molecule has 36 heavy (non-hydrogen) atoms. The topological polar surface area (TPSA) is 158 Å². The van der Waals surface area contributed by atoms with Crippen molar-refractivity contribution in [2.75, 3.05) is 6.61 Å².